The van der Waals surface area contributed by atoms with Crippen molar-refractivity contribution >= 4 is 11.3 Å². The minimum atomic E-state index is 0.183. The quantitative estimate of drug-likeness (QED) is 0.885. The Labute approximate surface area is 119 Å². The van der Waals surface area contributed by atoms with Crippen molar-refractivity contribution in [2.75, 3.05) is 7.05 Å². The standard InChI is InChI=1S/C16H21NOS/c1-11(2)18-14-8-6-5-7-13(14)15(17-4)16-12(3)9-10-19-16/h5-11,15,17H,1-4H3. The van der Waals surface area contributed by atoms with Crippen LogP contribution in [0, 0.1) is 6.92 Å². The van der Waals surface area contributed by atoms with E-state index in [9.17, 15) is 0 Å². The molecule has 3 heteroatoms. The van der Waals surface area contributed by atoms with Crippen molar-refractivity contribution in [2.45, 2.75) is 32.9 Å². The second kappa shape index (κ2) is 6.22. The monoisotopic (exact) mass is 275 g/mol. The molecule has 1 aromatic heterocycles. The van der Waals surface area contributed by atoms with E-state index in [0.29, 0.717) is 0 Å². The Morgan fingerprint density at radius 1 is 1.16 bits per heavy atom. The topological polar surface area (TPSA) is 21.3 Å². The molecule has 1 atom stereocenters. The highest BCUT2D eigenvalue weighted by atomic mass is 32.1. The highest BCUT2D eigenvalue weighted by Gasteiger charge is 2.19. The average molecular weight is 275 g/mol. The molecule has 19 heavy (non-hydrogen) atoms. The van der Waals surface area contributed by atoms with Gasteiger partial charge in [0.15, 0.2) is 0 Å². The first-order chi connectivity index (χ1) is 9.13. The van der Waals surface area contributed by atoms with Gasteiger partial charge in [0.05, 0.1) is 12.1 Å². The summed E-state index contributed by atoms with van der Waals surface area (Å²) >= 11 is 1.79. The molecule has 0 aliphatic rings. The van der Waals surface area contributed by atoms with E-state index in [1.165, 1.54) is 16.0 Å². The van der Waals surface area contributed by atoms with Gasteiger partial charge in [-0.15, -0.1) is 11.3 Å². The van der Waals surface area contributed by atoms with Gasteiger partial charge in [0.25, 0.3) is 0 Å². The van der Waals surface area contributed by atoms with Crippen LogP contribution in [0.1, 0.15) is 35.9 Å². The second-order valence-electron chi connectivity index (χ2n) is 4.89. The summed E-state index contributed by atoms with van der Waals surface area (Å²) in [4.78, 5) is 1.35. The van der Waals surface area contributed by atoms with Crippen LogP contribution in [0.5, 0.6) is 5.75 Å². The molecule has 2 nitrogen and oxygen atoms in total. The van der Waals surface area contributed by atoms with Gasteiger partial charge in [0, 0.05) is 10.4 Å². The van der Waals surface area contributed by atoms with Crippen molar-refractivity contribution in [3.8, 4) is 5.75 Å². The first-order valence-electron chi connectivity index (χ1n) is 6.60. The molecule has 1 aromatic carbocycles. The van der Waals surface area contributed by atoms with E-state index >= 15 is 0 Å². The predicted octanol–water partition coefficient (Wildman–Crippen LogP) is 4.15. The predicted molar refractivity (Wildman–Crippen MR) is 82.2 cm³/mol. The van der Waals surface area contributed by atoms with Gasteiger partial charge in [-0.1, -0.05) is 18.2 Å². The fourth-order valence-electron chi connectivity index (χ4n) is 2.19. The number of para-hydroxylation sites is 1. The molecule has 0 saturated heterocycles. The number of hydrogen-bond acceptors (Lipinski definition) is 3. The SMILES string of the molecule is CNC(c1ccccc1OC(C)C)c1sccc1C. The number of thiophene rings is 1. The van der Waals surface area contributed by atoms with Gasteiger partial charge in [-0.3, -0.25) is 0 Å². The van der Waals surface area contributed by atoms with Crippen LogP contribution in [0.4, 0.5) is 0 Å². The lowest BCUT2D eigenvalue weighted by atomic mass is 10.0. The minimum absolute atomic E-state index is 0.183. The molecule has 0 aliphatic carbocycles. The molecule has 0 radical (unpaired) electrons. The molecule has 102 valence electrons. The fourth-order valence-corrected chi connectivity index (χ4v) is 3.24. The molecule has 1 heterocycles. The Bertz CT molecular complexity index is 533. The van der Waals surface area contributed by atoms with Gasteiger partial charge in [-0.05, 0) is 50.9 Å². The average Bonchev–Trinajstić information content (AvgIpc) is 2.78. The molecule has 0 bridgehead atoms. The molecule has 0 saturated carbocycles. The Morgan fingerprint density at radius 3 is 2.47 bits per heavy atom. The summed E-state index contributed by atoms with van der Waals surface area (Å²) in [6.07, 6.45) is 0.183. The lowest BCUT2D eigenvalue weighted by molar-refractivity contribution is 0.239. The van der Waals surface area contributed by atoms with E-state index in [2.05, 4.69) is 49.7 Å². The number of ether oxygens (including phenoxy) is 1. The fraction of sp³-hybridized carbons (Fsp3) is 0.375. The third-order valence-electron chi connectivity index (χ3n) is 3.05. The van der Waals surface area contributed by atoms with Crippen LogP contribution in [-0.4, -0.2) is 13.2 Å². The minimum Gasteiger partial charge on any atom is -0.491 e. The molecule has 2 aromatic rings. The number of aryl methyl sites for hydroxylation is 1. The van der Waals surface area contributed by atoms with Gasteiger partial charge < -0.3 is 10.1 Å². The van der Waals surface area contributed by atoms with Crippen molar-refractivity contribution in [2.24, 2.45) is 0 Å². The first-order valence-corrected chi connectivity index (χ1v) is 7.48. The molecule has 2 rings (SSSR count). The van der Waals surface area contributed by atoms with Crippen molar-refractivity contribution < 1.29 is 4.74 Å². The van der Waals surface area contributed by atoms with Crippen LogP contribution < -0.4 is 10.1 Å². The third-order valence-corrected chi connectivity index (χ3v) is 4.13. The van der Waals surface area contributed by atoms with Gasteiger partial charge in [-0.2, -0.15) is 0 Å². The van der Waals surface area contributed by atoms with Gasteiger partial charge in [0.1, 0.15) is 5.75 Å². The lowest BCUT2D eigenvalue weighted by Crippen LogP contribution is -2.19. The summed E-state index contributed by atoms with van der Waals surface area (Å²) in [5.41, 5.74) is 2.52. The van der Waals surface area contributed by atoms with Crippen molar-refractivity contribution in [1.29, 1.82) is 0 Å². The highest BCUT2D eigenvalue weighted by molar-refractivity contribution is 7.10. The van der Waals surface area contributed by atoms with E-state index in [-0.39, 0.29) is 12.1 Å². The zero-order valence-electron chi connectivity index (χ0n) is 11.9. The molecule has 0 spiro atoms. The summed E-state index contributed by atoms with van der Waals surface area (Å²) < 4.78 is 5.93. The van der Waals surface area contributed by atoms with Gasteiger partial charge in [0.2, 0.25) is 0 Å². The summed E-state index contributed by atoms with van der Waals surface area (Å²) in [7, 11) is 2.00. The molecular weight excluding hydrogens is 254 g/mol. The number of benzene rings is 1. The smallest absolute Gasteiger partial charge is 0.124 e. The summed E-state index contributed by atoms with van der Waals surface area (Å²) in [5, 5.41) is 5.55. The van der Waals surface area contributed by atoms with E-state index in [0.717, 1.165) is 5.75 Å². The van der Waals surface area contributed by atoms with Crippen LogP contribution in [0.25, 0.3) is 0 Å². The molecule has 1 unspecified atom stereocenters. The number of hydrogen-bond donors (Lipinski definition) is 1. The van der Waals surface area contributed by atoms with Crippen molar-refractivity contribution in [1.82, 2.24) is 5.32 Å². The van der Waals surface area contributed by atoms with Crippen molar-refractivity contribution in [3.63, 3.8) is 0 Å². The normalized spacial score (nSPS) is 12.7. The van der Waals surface area contributed by atoms with Crippen LogP contribution in [-0.2, 0) is 0 Å². The largest absolute Gasteiger partial charge is 0.491 e. The zero-order chi connectivity index (χ0) is 13.8. The highest BCUT2D eigenvalue weighted by Crippen LogP contribution is 2.34. The molecule has 1 N–H and O–H groups in total. The summed E-state index contributed by atoms with van der Waals surface area (Å²) in [6, 6.07) is 10.6. The van der Waals surface area contributed by atoms with Crippen LogP contribution in [0.2, 0.25) is 0 Å². The van der Waals surface area contributed by atoms with E-state index in [1.807, 2.05) is 19.2 Å². The molecule has 0 aliphatic heterocycles. The summed E-state index contributed by atoms with van der Waals surface area (Å²) in [5.74, 6) is 0.963. The zero-order valence-corrected chi connectivity index (χ0v) is 12.8. The maximum Gasteiger partial charge on any atom is 0.124 e. The Balaban J connectivity index is 2.41. The lowest BCUT2D eigenvalue weighted by Gasteiger charge is -2.21. The second-order valence-corrected chi connectivity index (χ2v) is 5.84. The van der Waals surface area contributed by atoms with E-state index in [1.54, 1.807) is 11.3 Å². The van der Waals surface area contributed by atoms with E-state index in [4.69, 9.17) is 4.74 Å². The maximum atomic E-state index is 5.93. The Morgan fingerprint density at radius 2 is 1.89 bits per heavy atom. The molecule has 0 amide bonds. The van der Waals surface area contributed by atoms with Crippen LogP contribution in [0.3, 0.4) is 0 Å². The molecular formula is C16H21NOS. The Kier molecular flexibility index (Phi) is 4.61. The summed E-state index contributed by atoms with van der Waals surface area (Å²) in [6.45, 7) is 6.27. The maximum absolute atomic E-state index is 5.93. The molecule has 0 fully saturated rings. The van der Waals surface area contributed by atoms with E-state index < -0.39 is 0 Å². The van der Waals surface area contributed by atoms with Gasteiger partial charge >= 0.3 is 0 Å². The third kappa shape index (κ3) is 3.17. The first kappa shape index (κ1) is 14.1. The van der Waals surface area contributed by atoms with Crippen LogP contribution in [0.15, 0.2) is 35.7 Å². The van der Waals surface area contributed by atoms with Crippen molar-refractivity contribution in [3.05, 3.63) is 51.7 Å². The van der Waals surface area contributed by atoms with Gasteiger partial charge in [-0.25, -0.2) is 0 Å². The van der Waals surface area contributed by atoms with Crippen LogP contribution >= 0.6 is 11.3 Å². The number of rotatable bonds is 5. The Hall–Kier alpha value is -1.32. The number of nitrogens with one attached hydrogen (secondary N) is 1.